The number of rotatable bonds is 5. The Labute approximate surface area is 170 Å². The summed E-state index contributed by atoms with van der Waals surface area (Å²) in [6.45, 7) is 1.87. The van der Waals surface area contributed by atoms with Gasteiger partial charge in [0.2, 0.25) is 11.6 Å². The lowest BCUT2D eigenvalue weighted by Gasteiger charge is -2.12. The molecule has 0 fully saturated rings. The molecule has 0 aliphatic carbocycles. The topological polar surface area (TPSA) is 106 Å². The Morgan fingerprint density at radius 1 is 0.966 bits per heavy atom. The quantitative estimate of drug-likeness (QED) is 0.338. The maximum Gasteiger partial charge on any atom is 0.353 e. The first-order valence-electron chi connectivity index (χ1n) is 8.66. The van der Waals surface area contributed by atoms with Crippen LogP contribution >= 0.6 is 11.6 Å². The molecule has 4 rings (SSSR count). The zero-order valence-electron chi connectivity index (χ0n) is 15.3. The number of hydrogen-bond acceptors (Lipinski definition) is 7. The first kappa shape index (κ1) is 18.6. The van der Waals surface area contributed by atoms with Crippen molar-refractivity contribution in [2.24, 2.45) is 0 Å². The Bertz CT molecular complexity index is 1230. The highest BCUT2D eigenvalue weighted by Gasteiger charge is 2.24. The second-order valence-corrected chi connectivity index (χ2v) is 6.70. The van der Waals surface area contributed by atoms with Crippen molar-refractivity contribution < 1.29 is 4.92 Å². The van der Waals surface area contributed by atoms with Crippen molar-refractivity contribution in [3.05, 3.63) is 81.8 Å². The van der Waals surface area contributed by atoms with Gasteiger partial charge in [0.25, 0.3) is 0 Å². The van der Waals surface area contributed by atoms with Crippen LogP contribution < -0.4 is 10.6 Å². The highest BCUT2D eigenvalue weighted by Crippen LogP contribution is 2.35. The molecule has 0 radical (unpaired) electrons. The maximum atomic E-state index is 11.8. The summed E-state index contributed by atoms with van der Waals surface area (Å²) < 4.78 is 0. The SMILES string of the molecule is Cc1ccc(Cl)cc1Nc1ncnc(Nc2cccc3cccnc23)c1[N+](=O)[O-]. The lowest BCUT2D eigenvalue weighted by Crippen LogP contribution is -2.06. The minimum Gasteiger partial charge on any atom is -0.334 e. The molecule has 4 aromatic rings. The van der Waals surface area contributed by atoms with E-state index in [-0.39, 0.29) is 17.3 Å². The summed E-state index contributed by atoms with van der Waals surface area (Å²) in [6.07, 6.45) is 2.92. The summed E-state index contributed by atoms with van der Waals surface area (Å²) in [4.78, 5) is 23.8. The molecule has 2 N–H and O–H groups in total. The summed E-state index contributed by atoms with van der Waals surface area (Å²) >= 11 is 6.05. The predicted octanol–water partition coefficient (Wildman–Crippen LogP) is 5.38. The summed E-state index contributed by atoms with van der Waals surface area (Å²) in [5.74, 6) is 0.122. The van der Waals surface area contributed by atoms with Gasteiger partial charge < -0.3 is 10.6 Å². The number of anilines is 4. The number of nitrogens with one attached hydrogen (secondary N) is 2. The molecule has 0 saturated heterocycles. The van der Waals surface area contributed by atoms with E-state index in [9.17, 15) is 10.1 Å². The third kappa shape index (κ3) is 3.78. The smallest absolute Gasteiger partial charge is 0.334 e. The molecule has 0 amide bonds. The van der Waals surface area contributed by atoms with Crippen LogP contribution in [0.1, 0.15) is 5.56 Å². The Morgan fingerprint density at radius 3 is 2.45 bits per heavy atom. The number of aryl methyl sites for hydroxylation is 1. The van der Waals surface area contributed by atoms with Gasteiger partial charge in [0.05, 0.1) is 16.1 Å². The van der Waals surface area contributed by atoms with E-state index in [2.05, 4.69) is 25.6 Å². The Hall–Kier alpha value is -3.78. The van der Waals surface area contributed by atoms with Gasteiger partial charge in [0.1, 0.15) is 6.33 Å². The van der Waals surface area contributed by atoms with Gasteiger partial charge in [0, 0.05) is 22.3 Å². The molecule has 0 bridgehead atoms. The predicted molar refractivity (Wildman–Crippen MR) is 113 cm³/mol. The molecule has 0 saturated carbocycles. The van der Waals surface area contributed by atoms with Crippen LogP contribution in [0.25, 0.3) is 10.9 Å². The van der Waals surface area contributed by atoms with Crippen molar-refractivity contribution in [3.8, 4) is 0 Å². The fourth-order valence-corrected chi connectivity index (χ4v) is 3.10. The lowest BCUT2D eigenvalue weighted by molar-refractivity contribution is -0.383. The lowest BCUT2D eigenvalue weighted by atomic mass is 10.2. The number of pyridine rings is 1. The van der Waals surface area contributed by atoms with Gasteiger partial charge in [-0.25, -0.2) is 9.97 Å². The molecule has 9 heteroatoms. The largest absolute Gasteiger partial charge is 0.353 e. The van der Waals surface area contributed by atoms with Crippen LogP contribution in [0.15, 0.2) is 61.1 Å². The third-order valence-electron chi connectivity index (χ3n) is 4.34. The first-order valence-corrected chi connectivity index (χ1v) is 9.04. The van der Waals surface area contributed by atoms with Crippen LogP contribution in [0.4, 0.5) is 28.7 Å². The molecule has 2 aromatic heterocycles. The van der Waals surface area contributed by atoms with Gasteiger partial charge in [-0.15, -0.1) is 0 Å². The number of nitro groups is 1. The number of para-hydroxylation sites is 1. The molecule has 144 valence electrons. The van der Waals surface area contributed by atoms with Crippen LogP contribution in [0.2, 0.25) is 5.02 Å². The van der Waals surface area contributed by atoms with Crippen LogP contribution in [0.5, 0.6) is 0 Å². The average Bonchev–Trinajstić information content (AvgIpc) is 2.71. The molecule has 0 unspecified atom stereocenters. The van der Waals surface area contributed by atoms with Crippen LogP contribution in [0.3, 0.4) is 0 Å². The average molecular weight is 407 g/mol. The van der Waals surface area contributed by atoms with Gasteiger partial charge >= 0.3 is 5.69 Å². The fraction of sp³-hybridized carbons (Fsp3) is 0.0500. The van der Waals surface area contributed by atoms with Gasteiger partial charge in [-0.3, -0.25) is 15.1 Å². The standard InChI is InChI=1S/C20H15ClN6O2/c1-12-7-8-14(21)10-16(12)26-20-18(27(28)29)19(23-11-24-20)25-15-6-2-4-13-5-3-9-22-17(13)15/h2-11H,1H3,(H2,23,24,25,26). The molecule has 8 nitrogen and oxygen atoms in total. The van der Waals surface area contributed by atoms with E-state index in [1.54, 1.807) is 24.4 Å². The van der Waals surface area contributed by atoms with Gasteiger partial charge in [-0.05, 0) is 36.8 Å². The highest BCUT2D eigenvalue weighted by atomic mass is 35.5. The summed E-state index contributed by atoms with van der Waals surface area (Å²) in [7, 11) is 0. The molecule has 2 aromatic carbocycles. The minimum atomic E-state index is -0.525. The van der Waals surface area contributed by atoms with E-state index in [1.165, 1.54) is 6.33 Å². The summed E-state index contributed by atoms with van der Waals surface area (Å²) in [5.41, 5.74) is 2.50. The zero-order valence-corrected chi connectivity index (χ0v) is 16.0. The van der Waals surface area contributed by atoms with E-state index in [1.807, 2.05) is 37.3 Å². The van der Waals surface area contributed by atoms with E-state index in [0.717, 1.165) is 10.9 Å². The maximum absolute atomic E-state index is 11.8. The van der Waals surface area contributed by atoms with E-state index in [4.69, 9.17) is 11.6 Å². The highest BCUT2D eigenvalue weighted by molar-refractivity contribution is 6.30. The molecule has 0 aliphatic rings. The molecular formula is C20H15ClN6O2. The Morgan fingerprint density at radius 2 is 1.69 bits per heavy atom. The first-order chi connectivity index (χ1) is 14.0. The fourth-order valence-electron chi connectivity index (χ4n) is 2.92. The van der Waals surface area contributed by atoms with Crippen molar-refractivity contribution in [1.29, 1.82) is 0 Å². The molecule has 0 aliphatic heterocycles. The van der Waals surface area contributed by atoms with Crippen molar-refractivity contribution >= 4 is 51.2 Å². The number of halogens is 1. The monoisotopic (exact) mass is 406 g/mol. The van der Waals surface area contributed by atoms with Gasteiger partial charge in [0.15, 0.2) is 0 Å². The van der Waals surface area contributed by atoms with Crippen molar-refractivity contribution in [2.75, 3.05) is 10.6 Å². The number of fused-ring (bicyclic) bond motifs is 1. The minimum absolute atomic E-state index is 0.0605. The number of nitrogens with zero attached hydrogens (tertiary/aromatic N) is 4. The number of hydrogen-bond donors (Lipinski definition) is 2. The summed E-state index contributed by atoms with van der Waals surface area (Å²) in [6, 6.07) is 14.5. The van der Waals surface area contributed by atoms with Crippen LogP contribution in [0, 0.1) is 17.0 Å². The van der Waals surface area contributed by atoms with E-state index < -0.39 is 4.92 Å². The normalized spacial score (nSPS) is 10.7. The zero-order chi connectivity index (χ0) is 20.4. The number of aromatic nitrogens is 3. The van der Waals surface area contributed by atoms with Crippen LogP contribution in [-0.2, 0) is 0 Å². The second-order valence-electron chi connectivity index (χ2n) is 6.27. The molecular weight excluding hydrogens is 392 g/mol. The Balaban J connectivity index is 1.77. The molecule has 0 spiro atoms. The number of benzene rings is 2. The molecule has 0 atom stereocenters. The van der Waals surface area contributed by atoms with Crippen molar-refractivity contribution in [1.82, 2.24) is 15.0 Å². The van der Waals surface area contributed by atoms with Crippen molar-refractivity contribution in [2.45, 2.75) is 6.92 Å². The molecule has 29 heavy (non-hydrogen) atoms. The summed E-state index contributed by atoms with van der Waals surface area (Å²) in [5, 5.41) is 19.3. The second kappa shape index (κ2) is 7.69. The van der Waals surface area contributed by atoms with Crippen LogP contribution in [-0.4, -0.2) is 19.9 Å². The van der Waals surface area contributed by atoms with Gasteiger partial charge in [-0.1, -0.05) is 35.9 Å². The van der Waals surface area contributed by atoms with E-state index in [0.29, 0.717) is 21.9 Å². The van der Waals surface area contributed by atoms with Gasteiger partial charge in [-0.2, -0.15) is 0 Å². The third-order valence-corrected chi connectivity index (χ3v) is 4.58. The Kier molecular flexibility index (Phi) is 4.92. The van der Waals surface area contributed by atoms with Crippen molar-refractivity contribution in [3.63, 3.8) is 0 Å². The molecule has 2 heterocycles. The van der Waals surface area contributed by atoms with E-state index >= 15 is 0 Å².